The standard InChI is InChI=1S/C22H18O8/c1-3-9-29-21(27)17-11-13(5-7-15(17)19(23)24)14-6-8-16(20(25)26)18(12-14)22(28)30-10-4-2/h3-8,11-12H,1-2,9-10H2,(H,23,24)(H,25,26). The van der Waals surface area contributed by atoms with Gasteiger partial charge in [-0.3, -0.25) is 0 Å². The number of benzene rings is 2. The van der Waals surface area contributed by atoms with Gasteiger partial charge in [-0.05, 0) is 35.4 Å². The van der Waals surface area contributed by atoms with E-state index in [-0.39, 0.29) is 35.5 Å². The number of esters is 2. The summed E-state index contributed by atoms with van der Waals surface area (Å²) >= 11 is 0. The summed E-state index contributed by atoms with van der Waals surface area (Å²) in [6.45, 7) is 6.65. The lowest BCUT2D eigenvalue weighted by Gasteiger charge is -2.11. The molecule has 0 bridgehead atoms. The minimum absolute atomic E-state index is 0.102. The lowest BCUT2D eigenvalue weighted by Crippen LogP contribution is -2.13. The van der Waals surface area contributed by atoms with E-state index in [4.69, 9.17) is 9.47 Å². The summed E-state index contributed by atoms with van der Waals surface area (Å²) in [6.07, 6.45) is 2.68. The van der Waals surface area contributed by atoms with Crippen molar-refractivity contribution < 1.29 is 38.9 Å². The number of carbonyl (C=O) groups is 4. The molecule has 0 atom stereocenters. The third kappa shape index (κ3) is 4.99. The molecule has 0 fully saturated rings. The summed E-state index contributed by atoms with van der Waals surface area (Å²) in [5, 5.41) is 18.7. The molecule has 0 aliphatic carbocycles. The second-order valence-electron chi connectivity index (χ2n) is 5.91. The van der Waals surface area contributed by atoms with Crippen LogP contribution < -0.4 is 0 Å². The highest BCUT2D eigenvalue weighted by Gasteiger charge is 2.21. The van der Waals surface area contributed by atoms with Gasteiger partial charge in [0.15, 0.2) is 0 Å². The van der Waals surface area contributed by atoms with Gasteiger partial charge in [-0.1, -0.05) is 37.4 Å². The van der Waals surface area contributed by atoms with Gasteiger partial charge in [-0.25, -0.2) is 19.2 Å². The SMILES string of the molecule is C=CCOC(=O)c1cc(-c2ccc(C(=O)O)c(C(=O)OCC=C)c2)ccc1C(=O)O. The number of carboxylic acids is 2. The number of ether oxygens (including phenoxy) is 2. The molecule has 8 heteroatoms. The van der Waals surface area contributed by atoms with E-state index in [1.165, 1.54) is 48.6 Å². The van der Waals surface area contributed by atoms with Crippen LogP contribution in [0.25, 0.3) is 11.1 Å². The lowest BCUT2D eigenvalue weighted by molar-refractivity contribution is 0.0532. The van der Waals surface area contributed by atoms with Gasteiger partial charge in [0.2, 0.25) is 0 Å². The van der Waals surface area contributed by atoms with Crippen molar-refractivity contribution in [2.24, 2.45) is 0 Å². The van der Waals surface area contributed by atoms with E-state index in [0.717, 1.165) is 0 Å². The van der Waals surface area contributed by atoms with Crippen LogP contribution in [0.4, 0.5) is 0 Å². The number of carbonyl (C=O) groups excluding carboxylic acids is 2. The first-order valence-electron chi connectivity index (χ1n) is 8.61. The fourth-order valence-electron chi connectivity index (χ4n) is 2.58. The van der Waals surface area contributed by atoms with Crippen molar-refractivity contribution in [3.8, 4) is 11.1 Å². The quantitative estimate of drug-likeness (QED) is 0.475. The van der Waals surface area contributed by atoms with Gasteiger partial charge in [0.1, 0.15) is 13.2 Å². The molecule has 0 aliphatic heterocycles. The zero-order valence-electron chi connectivity index (χ0n) is 15.8. The van der Waals surface area contributed by atoms with Gasteiger partial charge in [0, 0.05) is 0 Å². The average Bonchev–Trinajstić information content (AvgIpc) is 2.74. The second-order valence-corrected chi connectivity index (χ2v) is 5.91. The number of aromatic carboxylic acids is 2. The molecule has 0 heterocycles. The summed E-state index contributed by atoms with van der Waals surface area (Å²) in [4.78, 5) is 47.4. The Labute approximate surface area is 171 Å². The molecule has 0 spiro atoms. The van der Waals surface area contributed by atoms with E-state index >= 15 is 0 Å². The Morgan fingerprint density at radius 2 is 1.07 bits per heavy atom. The molecule has 0 aliphatic rings. The smallest absolute Gasteiger partial charge is 0.339 e. The van der Waals surface area contributed by atoms with Crippen LogP contribution in [0.2, 0.25) is 0 Å². The van der Waals surface area contributed by atoms with Gasteiger partial charge in [-0.2, -0.15) is 0 Å². The summed E-state index contributed by atoms with van der Waals surface area (Å²) in [6, 6.07) is 7.91. The van der Waals surface area contributed by atoms with Crippen LogP contribution in [0.3, 0.4) is 0 Å². The summed E-state index contributed by atoms with van der Waals surface area (Å²) in [5.41, 5.74) is -0.165. The van der Waals surface area contributed by atoms with Crippen molar-refractivity contribution in [2.45, 2.75) is 0 Å². The first kappa shape index (κ1) is 22.1. The summed E-state index contributed by atoms with van der Waals surface area (Å²) in [7, 11) is 0. The van der Waals surface area contributed by atoms with Crippen molar-refractivity contribution in [1.82, 2.24) is 0 Å². The van der Waals surface area contributed by atoms with Crippen LogP contribution in [0.1, 0.15) is 41.4 Å². The number of carboxylic acid groups (broad SMARTS) is 2. The summed E-state index contributed by atoms with van der Waals surface area (Å²) in [5.74, 6) is -4.35. The maximum absolute atomic E-state index is 12.3. The predicted molar refractivity (Wildman–Crippen MR) is 107 cm³/mol. The lowest BCUT2D eigenvalue weighted by atomic mass is 9.96. The van der Waals surface area contributed by atoms with Gasteiger partial charge < -0.3 is 19.7 Å². The molecule has 154 valence electrons. The largest absolute Gasteiger partial charge is 0.478 e. The Morgan fingerprint density at radius 3 is 1.37 bits per heavy atom. The minimum Gasteiger partial charge on any atom is -0.478 e. The number of hydrogen-bond acceptors (Lipinski definition) is 6. The zero-order valence-corrected chi connectivity index (χ0v) is 15.8. The van der Waals surface area contributed by atoms with Crippen LogP contribution >= 0.6 is 0 Å². The molecule has 30 heavy (non-hydrogen) atoms. The van der Waals surface area contributed by atoms with Gasteiger partial charge in [0.05, 0.1) is 22.3 Å². The molecule has 0 amide bonds. The highest BCUT2D eigenvalue weighted by molar-refractivity contribution is 6.05. The number of rotatable bonds is 9. The Hall–Kier alpha value is -4.20. The zero-order chi connectivity index (χ0) is 22.3. The Morgan fingerprint density at radius 1 is 0.700 bits per heavy atom. The van der Waals surface area contributed by atoms with Gasteiger partial charge >= 0.3 is 23.9 Å². The van der Waals surface area contributed by atoms with Crippen molar-refractivity contribution in [1.29, 1.82) is 0 Å². The topological polar surface area (TPSA) is 127 Å². The maximum atomic E-state index is 12.3. The highest BCUT2D eigenvalue weighted by Crippen LogP contribution is 2.26. The first-order valence-corrected chi connectivity index (χ1v) is 8.61. The van der Waals surface area contributed by atoms with Gasteiger partial charge in [0.25, 0.3) is 0 Å². The van der Waals surface area contributed by atoms with Crippen molar-refractivity contribution in [2.75, 3.05) is 13.2 Å². The second kappa shape index (κ2) is 9.83. The molecule has 2 rings (SSSR count). The van der Waals surface area contributed by atoms with Crippen molar-refractivity contribution in [3.63, 3.8) is 0 Å². The summed E-state index contributed by atoms with van der Waals surface area (Å²) < 4.78 is 9.87. The molecule has 2 N–H and O–H groups in total. The van der Waals surface area contributed by atoms with Gasteiger partial charge in [-0.15, -0.1) is 0 Å². The van der Waals surface area contributed by atoms with Crippen LogP contribution in [0.15, 0.2) is 61.7 Å². The van der Waals surface area contributed by atoms with Crippen molar-refractivity contribution in [3.05, 3.63) is 84.0 Å². The number of hydrogen-bond donors (Lipinski definition) is 2. The monoisotopic (exact) mass is 410 g/mol. The maximum Gasteiger partial charge on any atom is 0.339 e. The van der Waals surface area contributed by atoms with E-state index in [0.29, 0.717) is 11.1 Å². The molecule has 0 radical (unpaired) electrons. The fourth-order valence-corrected chi connectivity index (χ4v) is 2.58. The van der Waals surface area contributed by atoms with E-state index in [1.807, 2.05) is 0 Å². The third-order valence-electron chi connectivity index (χ3n) is 3.94. The molecule has 0 saturated carbocycles. The van der Waals surface area contributed by atoms with E-state index in [9.17, 15) is 29.4 Å². The molecule has 2 aromatic rings. The van der Waals surface area contributed by atoms with Crippen LogP contribution in [-0.2, 0) is 9.47 Å². The fraction of sp³-hybridized carbons (Fsp3) is 0.0909. The van der Waals surface area contributed by atoms with Crippen LogP contribution in [0.5, 0.6) is 0 Å². The molecule has 0 unspecified atom stereocenters. The van der Waals surface area contributed by atoms with Crippen LogP contribution in [-0.4, -0.2) is 47.3 Å². The third-order valence-corrected chi connectivity index (χ3v) is 3.94. The molecule has 0 saturated heterocycles. The highest BCUT2D eigenvalue weighted by atomic mass is 16.5. The minimum atomic E-state index is -1.32. The molecule has 0 aromatic heterocycles. The van der Waals surface area contributed by atoms with E-state index in [1.54, 1.807) is 0 Å². The molecular weight excluding hydrogens is 392 g/mol. The Bertz CT molecular complexity index is 952. The predicted octanol–water partition coefficient (Wildman–Crippen LogP) is 3.44. The normalized spacial score (nSPS) is 10.0. The Kier molecular flexibility index (Phi) is 7.24. The van der Waals surface area contributed by atoms with E-state index in [2.05, 4.69) is 13.2 Å². The molecule has 8 nitrogen and oxygen atoms in total. The Balaban J connectivity index is 2.57. The van der Waals surface area contributed by atoms with E-state index < -0.39 is 23.9 Å². The molecule has 2 aromatic carbocycles. The van der Waals surface area contributed by atoms with Crippen molar-refractivity contribution >= 4 is 23.9 Å². The first-order chi connectivity index (χ1) is 14.3. The van der Waals surface area contributed by atoms with Crippen LogP contribution in [0, 0.1) is 0 Å². The average molecular weight is 410 g/mol. The molecular formula is C22H18O8.